The van der Waals surface area contributed by atoms with E-state index in [-0.39, 0.29) is 53.2 Å². The lowest BCUT2D eigenvalue weighted by Gasteiger charge is -2.43. The van der Waals surface area contributed by atoms with Crippen LogP contribution in [0.3, 0.4) is 0 Å². The molecule has 16 nitrogen and oxygen atoms in total. The highest BCUT2D eigenvalue weighted by Crippen LogP contribution is 2.57. The molecule has 0 radical (unpaired) electrons. The Hall–Kier alpha value is -6.92. The van der Waals surface area contributed by atoms with Crippen LogP contribution in [0.5, 0.6) is 0 Å². The Morgan fingerprint density at radius 3 is 2.36 bits per heavy atom. The molecule has 2 saturated carbocycles. The van der Waals surface area contributed by atoms with Gasteiger partial charge in [-0.15, -0.1) is 0 Å². The molecular weight excluding hydrogens is 899 g/mol. The third-order valence-electron chi connectivity index (χ3n) is 16.1. The second kappa shape index (κ2) is 15.3. The van der Waals surface area contributed by atoms with Crippen LogP contribution < -0.4 is 11.4 Å². The lowest BCUT2D eigenvalue weighted by atomic mass is 9.75. The smallest absolute Gasteiger partial charge is 0.393 e. The number of H-pyrrole nitrogens is 1. The van der Waals surface area contributed by atoms with E-state index in [1.807, 2.05) is 22.5 Å². The Bertz CT molecular complexity index is 3590. The number of aryl methyl sites for hydroxylation is 3. The molecule has 1 saturated heterocycles. The lowest BCUT2D eigenvalue weighted by molar-refractivity contribution is -0.0592. The van der Waals surface area contributed by atoms with Crippen molar-refractivity contribution in [3.8, 4) is 17.2 Å². The molecule has 70 heavy (non-hydrogen) atoms. The van der Waals surface area contributed by atoms with Crippen molar-refractivity contribution in [3.05, 3.63) is 139 Å². The quantitative estimate of drug-likeness (QED) is 0.162. The molecule has 4 aliphatic rings. The zero-order valence-electron chi connectivity index (χ0n) is 40.1. The summed E-state index contributed by atoms with van der Waals surface area (Å²) in [5.41, 5.74) is 2.63. The fourth-order valence-corrected chi connectivity index (χ4v) is 12.5. The summed E-state index contributed by atoms with van der Waals surface area (Å²) in [7, 11) is 1.71. The molecule has 3 aromatic carbocycles. The predicted octanol–water partition coefficient (Wildman–Crippen LogP) is 7.68. The van der Waals surface area contributed by atoms with Crippen LogP contribution in [0.2, 0.25) is 0 Å². The Balaban J connectivity index is 1.06. The van der Waals surface area contributed by atoms with Crippen LogP contribution in [-0.4, -0.2) is 84.2 Å². The maximum atomic E-state index is 16.3. The van der Waals surface area contributed by atoms with Crippen LogP contribution in [0.15, 0.2) is 81.2 Å². The number of nitrogens with zero attached hydrogens (tertiary/aromatic N) is 9. The van der Waals surface area contributed by atoms with Gasteiger partial charge in [-0.05, 0) is 144 Å². The topological polar surface area (TPSA) is 176 Å². The molecule has 2 N–H and O–H groups in total. The van der Waals surface area contributed by atoms with E-state index in [2.05, 4.69) is 54.2 Å². The van der Waals surface area contributed by atoms with Gasteiger partial charge in [0.05, 0.1) is 51.9 Å². The number of fused-ring (bicyclic) bond motifs is 4. The highest BCUT2D eigenvalue weighted by Gasteiger charge is 2.60. The molecule has 362 valence electrons. The Labute approximate surface area is 400 Å². The number of ether oxygens (including phenoxy) is 1. The van der Waals surface area contributed by atoms with Crippen LogP contribution in [-0.2, 0) is 22.7 Å². The van der Waals surface area contributed by atoms with Gasteiger partial charge in [0.15, 0.2) is 11.6 Å². The second-order valence-corrected chi connectivity index (χ2v) is 21.1. The molecular formula is C52H54F2N10O6. The molecule has 2 aliphatic carbocycles. The van der Waals surface area contributed by atoms with E-state index in [1.54, 1.807) is 54.7 Å². The summed E-state index contributed by atoms with van der Waals surface area (Å²) in [6.45, 7) is 12.3. The first-order valence-corrected chi connectivity index (χ1v) is 24.1. The minimum atomic E-state index is -0.912. The third-order valence-corrected chi connectivity index (χ3v) is 16.1. The highest BCUT2D eigenvalue weighted by atomic mass is 19.1. The Morgan fingerprint density at radius 2 is 1.67 bits per heavy atom. The zero-order valence-corrected chi connectivity index (χ0v) is 40.1. The number of hydrogen-bond acceptors (Lipinski definition) is 9. The van der Waals surface area contributed by atoms with E-state index in [1.165, 1.54) is 27.6 Å². The molecule has 6 atom stereocenters. The standard InChI is InChI=1S/C52H54F2N10O6/c1-27-18-34(19-28(2)42(27)53)64-45(61-16-15-60(49(61)68)39-11-10-38-36(43(39)54)25-55-59(38)7)41-30(4)62(26-51(44(41)57-64)14-12-35(65)24-51)46(66)40-21-33-20-31(32-13-17-69-50(5,6)23-32)8-9-37(33)63(40)52(22-29(52)3)47-56-48(67)70-58-47/h8-11,15-16,18-21,25,29-30,32,35,65H,12-14,17,22-24,26H2,1-7H3,(H,56,58,67)/t29-,30-,32-,35?,51?,52-/m0/s1. The van der Waals surface area contributed by atoms with Crippen molar-refractivity contribution in [3.63, 3.8) is 0 Å². The number of aliphatic hydroxyl groups is 1. The number of nitrogens with one attached hydrogen (secondary N) is 1. The average molecular weight is 953 g/mol. The van der Waals surface area contributed by atoms with Crippen molar-refractivity contribution in [2.24, 2.45) is 13.0 Å². The molecule has 3 fully saturated rings. The normalized spacial score (nSPS) is 25.1. The van der Waals surface area contributed by atoms with Crippen molar-refractivity contribution < 1.29 is 27.9 Å². The molecule has 8 aromatic rings. The van der Waals surface area contributed by atoms with Gasteiger partial charge in [-0.3, -0.25) is 28.1 Å². The number of halogens is 2. The zero-order chi connectivity index (χ0) is 48.9. The number of benzene rings is 3. The predicted molar refractivity (Wildman–Crippen MR) is 255 cm³/mol. The number of carbonyl (C=O) groups is 1. The van der Waals surface area contributed by atoms with Gasteiger partial charge in [0.1, 0.15) is 22.9 Å². The average Bonchev–Trinajstić information content (AvgIpc) is 4.06. The Kier molecular flexibility index (Phi) is 9.68. The molecule has 18 heteroatoms. The third kappa shape index (κ3) is 6.44. The van der Waals surface area contributed by atoms with Crippen LogP contribution in [0.1, 0.15) is 122 Å². The first-order chi connectivity index (χ1) is 33.4. The summed E-state index contributed by atoms with van der Waals surface area (Å²) in [6.07, 6.45) is 7.27. The first kappa shape index (κ1) is 44.3. The monoisotopic (exact) mass is 952 g/mol. The van der Waals surface area contributed by atoms with Crippen molar-refractivity contribution in [2.75, 3.05) is 13.2 Å². The maximum Gasteiger partial charge on any atom is 0.438 e. The molecule has 2 unspecified atom stereocenters. The van der Waals surface area contributed by atoms with E-state index < -0.39 is 40.4 Å². The number of amides is 1. The summed E-state index contributed by atoms with van der Waals surface area (Å²) in [5.74, 6) is -1.17. The molecule has 12 rings (SSSR count). The molecule has 7 heterocycles. The summed E-state index contributed by atoms with van der Waals surface area (Å²) in [4.78, 5) is 48.3. The van der Waals surface area contributed by atoms with Gasteiger partial charge in [-0.25, -0.2) is 23.1 Å². The fourth-order valence-electron chi connectivity index (χ4n) is 12.5. The van der Waals surface area contributed by atoms with Crippen LogP contribution in [0, 0.1) is 31.4 Å². The molecule has 2 aliphatic heterocycles. The lowest BCUT2D eigenvalue weighted by Crippen LogP contribution is -2.50. The fraction of sp³-hybridized carbons (Fsp3) is 0.423. The molecule has 0 bridgehead atoms. The van der Waals surface area contributed by atoms with Crippen molar-refractivity contribution in [2.45, 2.75) is 115 Å². The van der Waals surface area contributed by atoms with Crippen LogP contribution in [0.25, 0.3) is 39.0 Å². The van der Waals surface area contributed by atoms with Gasteiger partial charge in [0.2, 0.25) is 0 Å². The maximum absolute atomic E-state index is 16.3. The van der Waals surface area contributed by atoms with E-state index in [4.69, 9.17) is 14.4 Å². The molecule has 1 amide bonds. The van der Waals surface area contributed by atoms with Gasteiger partial charge in [0.25, 0.3) is 5.91 Å². The number of aromatic nitrogens is 9. The number of hydrogen-bond donors (Lipinski definition) is 2. The largest absolute Gasteiger partial charge is 0.438 e. The summed E-state index contributed by atoms with van der Waals surface area (Å²) < 4.78 is 50.8. The Morgan fingerprint density at radius 1 is 0.929 bits per heavy atom. The SMILES string of the molecule is Cc1cc(-n2nc3c(c2-n2ccn(-c4ccc5c(cnn5C)c4F)c2=O)[C@H](C)N(C(=O)c2cc4cc([C@H]5CCOC(C)(C)C5)ccc4n2[C@@]2(c4noc(=O)[nH]4)C[C@@H]2C)CC32CCC(O)C2)cc(C)c1F. The number of carbonyl (C=O) groups excluding carboxylic acids is 1. The van der Waals surface area contributed by atoms with Crippen molar-refractivity contribution >= 4 is 27.7 Å². The molecule has 1 spiro atoms. The van der Waals surface area contributed by atoms with Gasteiger partial charge < -0.3 is 19.3 Å². The van der Waals surface area contributed by atoms with Crippen LogP contribution in [0.4, 0.5) is 8.78 Å². The van der Waals surface area contributed by atoms with E-state index >= 15 is 18.4 Å². The second-order valence-electron chi connectivity index (χ2n) is 21.1. The highest BCUT2D eigenvalue weighted by molar-refractivity contribution is 6.00. The van der Waals surface area contributed by atoms with E-state index in [0.29, 0.717) is 76.8 Å². The first-order valence-electron chi connectivity index (χ1n) is 24.1. The van der Waals surface area contributed by atoms with Gasteiger partial charge in [0, 0.05) is 54.5 Å². The summed E-state index contributed by atoms with van der Waals surface area (Å²) in [6, 6.07) is 14.1. The van der Waals surface area contributed by atoms with Gasteiger partial charge in [-0.1, -0.05) is 18.1 Å². The van der Waals surface area contributed by atoms with Crippen molar-refractivity contribution in [1.29, 1.82) is 0 Å². The van der Waals surface area contributed by atoms with E-state index in [9.17, 15) is 9.90 Å². The minimum absolute atomic E-state index is 0.0195. The van der Waals surface area contributed by atoms with Crippen molar-refractivity contribution in [1.82, 2.24) is 48.3 Å². The van der Waals surface area contributed by atoms with Crippen LogP contribution >= 0.6 is 0 Å². The van der Waals surface area contributed by atoms with Gasteiger partial charge >= 0.3 is 11.4 Å². The number of imidazole rings is 1. The number of rotatable bonds is 7. The number of aromatic amines is 1. The summed E-state index contributed by atoms with van der Waals surface area (Å²) >= 11 is 0. The molecule has 5 aromatic heterocycles. The van der Waals surface area contributed by atoms with E-state index in [0.717, 1.165) is 29.3 Å². The summed E-state index contributed by atoms with van der Waals surface area (Å²) in [5, 5.41) is 26.3. The van der Waals surface area contributed by atoms with Gasteiger partial charge in [-0.2, -0.15) is 10.2 Å². The minimum Gasteiger partial charge on any atom is -0.393 e. The number of aliphatic hydroxyl groups excluding tert-OH is 1.